The Labute approximate surface area is 239 Å². The van der Waals surface area contributed by atoms with Crippen molar-refractivity contribution in [2.45, 2.75) is 11.5 Å². The normalized spacial score (nSPS) is 11.3. The number of aromatic amines is 1. The van der Waals surface area contributed by atoms with Gasteiger partial charge in [-0.1, -0.05) is 35.2 Å². The van der Waals surface area contributed by atoms with Crippen molar-refractivity contribution in [1.82, 2.24) is 40.5 Å². The van der Waals surface area contributed by atoms with Gasteiger partial charge in [0.15, 0.2) is 17.3 Å². The van der Waals surface area contributed by atoms with Crippen LogP contribution in [-0.2, 0) is 21.5 Å². The first-order chi connectivity index (χ1) is 20.5. The minimum Gasteiger partial charge on any atom is -0.493 e. The van der Waals surface area contributed by atoms with Crippen LogP contribution < -0.4 is 19.1 Å². The van der Waals surface area contributed by atoms with Crippen molar-refractivity contribution >= 4 is 10.0 Å². The zero-order valence-electron chi connectivity index (χ0n) is 22.0. The highest BCUT2D eigenvalue weighted by atomic mass is 32.2. The molecule has 0 aliphatic heterocycles. The Bertz CT molecular complexity index is 1740. The standard InChI is InChI=1S/C26H24N8O7S/c1-38-21-9-5-6-10-22(21)41-23-20(16-40-34-42(36,37)18-7-3-2-4-8-18)28-24(29-26(23)39-14-13-35)17-11-12-27-19(15-17)25-30-32-33-31-25/h2-12,15,34-35H,13-14,16H2,1H3,(H,30,31,32,33). The highest BCUT2D eigenvalue weighted by molar-refractivity contribution is 7.89. The fourth-order valence-electron chi connectivity index (χ4n) is 3.64. The molecule has 3 N–H and O–H groups in total. The second kappa shape index (κ2) is 13.1. The zero-order valence-corrected chi connectivity index (χ0v) is 22.9. The number of nitrogens with zero attached hydrogens (tertiary/aromatic N) is 6. The quantitative estimate of drug-likeness (QED) is 0.169. The molecule has 0 aliphatic carbocycles. The third-order valence-electron chi connectivity index (χ3n) is 5.54. The highest BCUT2D eigenvalue weighted by Gasteiger charge is 2.23. The second-order valence-corrected chi connectivity index (χ2v) is 9.95. The van der Waals surface area contributed by atoms with Gasteiger partial charge in [-0.2, -0.15) is 10.2 Å². The molecule has 216 valence electrons. The molecule has 0 saturated carbocycles. The molecule has 0 radical (unpaired) electrons. The van der Waals surface area contributed by atoms with Crippen molar-refractivity contribution in [3.63, 3.8) is 0 Å². The smallest absolute Gasteiger partial charge is 0.262 e. The van der Waals surface area contributed by atoms with E-state index in [2.05, 4.69) is 40.5 Å². The molecule has 42 heavy (non-hydrogen) atoms. The molecule has 0 amide bonds. The van der Waals surface area contributed by atoms with Crippen molar-refractivity contribution in [3.05, 3.63) is 78.6 Å². The first-order valence-electron chi connectivity index (χ1n) is 12.3. The number of methoxy groups -OCH3 is 1. The molecule has 3 aromatic heterocycles. The molecule has 0 spiro atoms. The van der Waals surface area contributed by atoms with Gasteiger partial charge < -0.3 is 19.3 Å². The van der Waals surface area contributed by atoms with Crippen molar-refractivity contribution in [2.75, 3.05) is 20.3 Å². The predicted octanol–water partition coefficient (Wildman–Crippen LogP) is 2.30. The van der Waals surface area contributed by atoms with Crippen molar-refractivity contribution in [2.24, 2.45) is 0 Å². The monoisotopic (exact) mass is 592 g/mol. The average Bonchev–Trinajstić information content (AvgIpc) is 3.57. The number of sulfonamides is 1. The lowest BCUT2D eigenvalue weighted by molar-refractivity contribution is 0.0753. The lowest BCUT2D eigenvalue weighted by Gasteiger charge is -2.17. The number of nitrogens with one attached hydrogen (secondary N) is 2. The number of benzene rings is 2. The van der Waals surface area contributed by atoms with Crippen LogP contribution in [-0.4, -0.2) is 69.4 Å². The van der Waals surface area contributed by atoms with Gasteiger partial charge in [0, 0.05) is 11.8 Å². The number of rotatable bonds is 13. The zero-order chi connectivity index (χ0) is 29.4. The van der Waals surface area contributed by atoms with Gasteiger partial charge in [-0.25, -0.2) is 13.4 Å². The second-order valence-electron chi connectivity index (χ2n) is 8.31. The Morgan fingerprint density at radius 3 is 2.50 bits per heavy atom. The van der Waals surface area contributed by atoms with Gasteiger partial charge in [-0.3, -0.25) is 9.82 Å². The summed E-state index contributed by atoms with van der Waals surface area (Å²) in [7, 11) is -2.52. The first kappa shape index (κ1) is 28.5. The van der Waals surface area contributed by atoms with E-state index in [1.54, 1.807) is 54.6 Å². The Balaban J connectivity index is 1.55. The van der Waals surface area contributed by atoms with Crippen molar-refractivity contribution < 1.29 is 32.6 Å². The molecule has 0 atom stereocenters. The number of ether oxygens (including phenoxy) is 3. The summed E-state index contributed by atoms with van der Waals surface area (Å²) in [6.45, 7) is -0.832. The lowest BCUT2D eigenvalue weighted by atomic mass is 10.2. The number of pyridine rings is 1. The summed E-state index contributed by atoms with van der Waals surface area (Å²) in [4.78, 5) is 20.9. The van der Waals surface area contributed by atoms with E-state index >= 15 is 0 Å². The van der Waals surface area contributed by atoms with E-state index in [9.17, 15) is 13.5 Å². The molecule has 15 nitrogen and oxygen atoms in total. The maximum atomic E-state index is 12.7. The number of hydrogen-bond acceptors (Lipinski definition) is 13. The molecule has 5 aromatic rings. The summed E-state index contributed by atoms with van der Waals surface area (Å²) < 4.78 is 42.7. The molecule has 0 unspecified atom stereocenters. The lowest BCUT2D eigenvalue weighted by Crippen LogP contribution is -2.24. The highest BCUT2D eigenvalue weighted by Crippen LogP contribution is 2.39. The fraction of sp³-hybridized carbons (Fsp3) is 0.154. The Morgan fingerprint density at radius 2 is 1.76 bits per heavy atom. The number of aliphatic hydroxyl groups excluding tert-OH is 1. The molecule has 0 fully saturated rings. The number of H-pyrrole nitrogens is 1. The molecule has 0 saturated heterocycles. The summed E-state index contributed by atoms with van der Waals surface area (Å²) in [6.07, 6.45) is 1.52. The van der Waals surface area contributed by atoms with Gasteiger partial charge in [0.1, 0.15) is 24.6 Å². The van der Waals surface area contributed by atoms with E-state index in [1.807, 2.05) is 0 Å². The Hall–Kier alpha value is -5.03. The summed E-state index contributed by atoms with van der Waals surface area (Å²) >= 11 is 0. The average molecular weight is 593 g/mol. The van der Waals surface area contributed by atoms with Crippen LogP contribution in [0.1, 0.15) is 5.69 Å². The van der Waals surface area contributed by atoms with E-state index in [-0.39, 0.29) is 47.1 Å². The van der Waals surface area contributed by atoms with Crippen LogP contribution in [0, 0.1) is 0 Å². The van der Waals surface area contributed by atoms with Crippen LogP contribution in [0.3, 0.4) is 0 Å². The van der Waals surface area contributed by atoms with Gasteiger partial charge in [0.25, 0.3) is 15.9 Å². The van der Waals surface area contributed by atoms with Crippen LogP contribution in [0.5, 0.6) is 23.1 Å². The number of tetrazole rings is 1. The molecule has 16 heteroatoms. The SMILES string of the molecule is COc1ccccc1Oc1c(CONS(=O)(=O)c2ccccc2)nc(-c2ccnc(-c3nn[nH]n3)c2)nc1OCCO. The molecule has 5 rings (SSSR count). The molecular formula is C26H24N8O7S. The molecule has 3 heterocycles. The number of hydrogen-bond donors (Lipinski definition) is 3. The maximum Gasteiger partial charge on any atom is 0.262 e. The van der Waals surface area contributed by atoms with E-state index in [4.69, 9.17) is 19.0 Å². The summed E-state index contributed by atoms with van der Waals surface area (Å²) in [5, 5.41) is 23.3. The summed E-state index contributed by atoms with van der Waals surface area (Å²) in [5.41, 5.74) is 1.01. The van der Waals surface area contributed by atoms with Gasteiger partial charge in [0.05, 0.1) is 18.6 Å². The van der Waals surface area contributed by atoms with Gasteiger partial charge in [-0.05, 0) is 41.6 Å². The first-order valence-corrected chi connectivity index (χ1v) is 13.8. The minimum absolute atomic E-state index is 0.0108. The van der Waals surface area contributed by atoms with Crippen LogP contribution in [0.4, 0.5) is 0 Å². The van der Waals surface area contributed by atoms with Gasteiger partial charge >= 0.3 is 0 Å². The van der Waals surface area contributed by atoms with Crippen LogP contribution >= 0.6 is 0 Å². The van der Waals surface area contributed by atoms with Crippen LogP contribution in [0.25, 0.3) is 22.9 Å². The number of aromatic nitrogens is 7. The van der Waals surface area contributed by atoms with Gasteiger partial charge in [-0.15, -0.1) is 10.2 Å². The maximum absolute atomic E-state index is 12.7. The molecular weight excluding hydrogens is 568 g/mol. The summed E-state index contributed by atoms with van der Waals surface area (Å²) in [6, 6.07) is 17.9. The van der Waals surface area contributed by atoms with Crippen molar-refractivity contribution in [3.8, 4) is 46.0 Å². The predicted molar refractivity (Wildman–Crippen MR) is 146 cm³/mol. The minimum atomic E-state index is -4.00. The topological polar surface area (TPSA) is 196 Å². The van der Waals surface area contributed by atoms with E-state index in [1.165, 1.54) is 25.4 Å². The van der Waals surface area contributed by atoms with Crippen LogP contribution in [0.15, 0.2) is 77.8 Å². The summed E-state index contributed by atoms with van der Waals surface area (Å²) in [5.74, 6) is 1.10. The van der Waals surface area contributed by atoms with Crippen LogP contribution in [0.2, 0.25) is 0 Å². The molecule has 0 bridgehead atoms. The van der Waals surface area contributed by atoms with E-state index in [0.29, 0.717) is 22.8 Å². The third kappa shape index (κ3) is 6.64. The van der Waals surface area contributed by atoms with Crippen molar-refractivity contribution in [1.29, 1.82) is 0 Å². The Kier molecular flexibility index (Phi) is 8.88. The van der Waals surface area contributed by atoms with E-state index < -0.39 is 16.6 Å². The third-order valence-corrected chi connectivity index (χ3v) is 6.77. The number of para-hydroxylation sites is 2. The van der Waals surface area contributed by atoms with E-state index in [0.717, 1.165) is 0 Å². The fourth-order valence-corrected chi connectivity index (χ4v) is 4.47. The Morgan fingerprint density at radius 1 is 0.976 bits per heavy atom. The largest absolute Gasteiger partial charge is 0.493 e. The van der Waals surface area contributed by atoms with Gasteiger partial charge in [0.2, 0.25) is 11.6 Å². The molecule has 2 aromatic carbocycles. The molecule has 0 aliphatic rings. The number of aliphatic hydroxyl groups is 1.